The van der Waals surface area contributed by atoms with Gasteiger partial charge in [-0.3, -0.25) is 0 Å². The van der Waals surface area contributed by atoms with Crippen LogP contribution in [0, 0.1) is 6.92 Å². The summed E-state index contributed by atoms with van der Waals surface area (Å²) in [4.78, 5) is 9.14. The smallest absolute Gasteiger partial charge is 0.128 e. The van der Waals surface area contributed by atoms with Crippen LogP contribution in [0.4, 0.5) is 11.5 Å². The Morgan fingerprint density at radius 1 is 1.50 bits per heavy atom. The summed E-state index contributed by atoms with van der Waals surface area (Å²) >= 11 is 0. The van der Waals surface area contributed by atoms with Crippen molar-refractivity contribution in [2.75, 3.05) is 37.8 Å². The zero-order chi connectivity index (χ0) is 11.7. The molecule has 1 aliphatic rings. The molecule has 16 heavy (non-hydrogen) atoms. The fourth-order valence-electron chi connectivity index (χ4n) is 2.17. The van der Waals surface area contributed by atoms with Crippen molar-refractivity contribution in [1.29, 1.82) is 0 Å². The average Bonchev–Trinajstić information content (AvgIpc) is 2.68. The molecule has 4 heteroatoms. The Hall–Kier alpha value is -1.29. The normalized spacial score (nSPS) is 21.3. The minimum atomic E-state index is 0.570. The molecular formula is C12H20N4. The highest BCUT2D eigenvalue weighted by atomic mass is 15.3. The molecule has 0 aromatic carbocycles. The van der Waals surface area contributed by atoms with E-state index in [1.807, 2.05) is 19.1 Å². The number of aromatic nitrogens is 1. The molecule has 1 aliphatic heterocycles. The van der Waals surface area contributed by atoms with E-state index in [4.69, 9.17) is 5.73 Å². The van der Waals surface area contributed by atoms with E-state index in [2.05, 4.69) is 28.9 Å². The molecule has 1 fully saturated rings. The second-order valence-electron chi connectivity index (χ2n) is 4.66. The Morgan fingerprint density at radius 2 is 2.25 bits per heavy atom. The van der Waals surface area contributed by atoms with Gasteiger partial charge in [-0.2, -0.15) is 0 Å². The molecule has 1 atom stereocenters. The molecule has 0 aliphatic carbocycles. The fraction of sp³-hybridized carbons (Fsp3) is 0.583. The van der Waals surface area contributed by atoms with Crippen molar-refractivity contribution in [3.63, 3.8) is 0 Å². The van der Waals surface area contributed by atoms with Gasteiger partial charge < -0.3 is 15.5 Å². The Labute approximate surface area is 97.1 Å². The standard InChI is InChI=1S/C12H20N4/c1-9-11(13)4-5-12(14-9)16(3)10-6-7-15(2)8-10/h4-5,10H,6-8,13H2,1-3H3. The molecule has 0 radical (unpaired) electrons. The lowest BCUT2D eigenvalue weighted by atomic mass is 10.2. The summed E-state index contributed by atoms with van der Waals surface area (Å²) in [5, 5.41) is 0. The molecule has 4 nitrogen and oxygen atoms in total. The average molecular weight is 220 g/mol. The molecule has 2 N–H and O–H groups in total. The van der Waals surface area contributed by atoms with Gasteiger partial charge in [-0.1, -0.05) is 0 Å². The molecule has 0 bridgehead atoms. The first-order valence-corrected chi connectivity index (χ1v) is 5.72. The number of aryl methyl sites for hydroxylation is 1. The number of hydrogen-bond acceptors (Lipinski definition) is 4. The second kappa shape index (κ2) is 4.29. The van der Waals surface area contributed by atoms with Gasteiger partial charge >= 0.3 is 0 Å². The van der Waals surface area contributed by atoms with Gasteiger partial charge in [0, 0.05) is 19.6 Å². The Morgan fingerprint density at radius 3 is 2.81 bits per heavy atom. The van der Waals surface area contributed by atoms with Gasteiger partial charge in [0.05, 0.1) is 11.4 Å². The van der Waals surface area contributed by atoms with E-state index < -0.39 is 0 Å². The maximum absolute atomic E-state index is 5.78. The monoisotopic (exact) mass is 220 g/mol. The van der Waals surface area contributed by atoms with Crippen molar-refractivity contribution in [2.45, 2.75) is 19.4 Å². The van der Waals surface area contributed by atoms with Crippen molar-refractivity contribution in [2.24, 2.45) is 0 Å². The third kappa shape index (κ3) is 2.11. The van der Waals surface area contributed by atoms with Crippen LogP contribution in [0.1, 0.15) is 12.1 Å². The van der Waals surface area contributed by atoms with Crippen LogP contribution in [0.15, 0.2) is 12.1 Å². The van der Waals surface area contributed by atoms with E-state index in [0.29, 0.717) is 6.04 Å². The van der Waals surface area contributed by atoms with Gasteiger partial charge in [0.2, 0.25) is 0 Å². The van der Waals surface area contributed by atoms with Crippen LogP contribution in [-0.2, 0) is 0 Å². The summed E-state index contributed by atoms with van der Waals surface area (Å²) in [6.45, 7) is 4.23. The maximum atomic E-state index is 5.78. The van der Waals surface area contributed by atoms with Crippen LogP contribution < -0.4 is 10.6 Å². The zero-order valence-corrected chi connectivity index (χ0v) is 10.3. The number of likely N-dealkylation sites (N-methyl/N-ethyl adjacent to an activating group) is 2. The van der Waals surface area contributed by atoms with E-state index in [1.54, 1.807) is 0 Å². The molecule has 1 unspecified atom stereocenters. The van der Waals surface area contributed by atoms with Crippen molar-refractivity contribution in [3.05, 3.63) is 17.8 Å². The number of nitrogen functional groups attached to an aromatic ring is 1. The summed E-state index contributed by atoms with van der Waals surface area (Å²) in [6.07, 6.45) is 1.21. The van der Waals surface area contributed by atoms with Crippen LogP contribution >= 0.6 is 0 Å². The van der Waals surface area contributed by atoms with Crippen LogP contribution in [0.25, 0.3) is 0 Å². The third-order valence-corrected chi connectivity index (χ3v) is 3.39. The van der Waals surface area contributed by atoms with Crippen molar-refractivity contribution in [1.82, 2.24) is 9.88 Å². The SMILES string of the molecule is Cc1nc(N(C)C2CCN(C)C2)ccc1N. The van der Waals surface area contributed by atoms with E-state index in [-0.39, 0.29) is 0 Å². The van der Waals surface area contributed by atoms with Gasteiger partial charge in [-0.05, 0) is 39.1 Å². The number of pyridine rings is 1. The molecule has 0 spiro atoms. The highest BCUT2D eigenvalue weighted by molar-refractivity contribution is 5.50. The first-order chi connectivity index (χ1) is 7.58. The summed E-state index contributed by atoms with van der Waals surface area (Å²) in [5.41, 5.74) is 7.45. The molecule has 0 saturated carbocycles. The molecule has 1 aromatic rings. The van der Waals surface area contributed by atoms with Gasteiger partial charge in [0.25, 0.3) is 0 Å². The fourth-order valence-corrected chi connectivity index (χ4v) is 2.17. The summed E-state index contributed by atoms with van der Waals surface area (Å²) in [7, 11) is 4.28. The number of nitrogens with zero attached hydrogens (tertiary/aromatic N) is 3. The lowest BCUT2D eigenvalue weighted by Gasteiger charge is -2.25. The largest absolute Gasteiger partial charge is 0.397 e. The number of nitrogens with two attached hydrogens (primary N) is 1. The van der Waals surface area contributed by atoms with E-state index in [9.17, 15) is 0 Å². The lowest BCUT2D eigenvalue weighted by molar-refractivity contribution is 0.409. The predicted molar refractivity (Wildman–Crippen MR) is 67.7 cm³/mol. The van der Waals surface area contributed by atoms with Gasteiger partial charge in [-0.15, -0.1) is 0 Å². The number of anilines is 2. The van der Waals surface area contributed by atoms with Crippen molar-refractivity contribution in [3.8, 4) is 0 Å². The minimum absolute atomic E-state index is 0.570. The maximum Gasteiger partial charge on any atom is 0.128 e. The van der Waals surface area contributed by atoms with Crippen molar-refractivity contribution < 1.29 is 0 Å². The van der Waals surface area contributed by atoms with E-state index in [0.717, 1.165) is 23.7 Å². The second-order valence-corrected chi connectivity index (χ2v) is 4.66. The van der Waals surface area contributed by atoms with Crippen molar-refractivity contribution >= 4 is 11.5 Å². The van der Waals surface area contributed by atoms with Gasteiger partial charge in [-0.25, -0.2) is 4.98 Å². The lowest BCUT2D eigenvalue weighted by Crippen LogP contribution is -2.34. The highest BCUT2D eigenvalue weighted by Gasteiger charge is 2.24. The number of hydrogen-bond donors (Lipinski definition) is 1. The molecule has 2 rings (SSSR count). The summed E-state index contributed by atoms with van der Waals surface area (Å²) in [5.74, 6) is 1.02. The van der Waals surface area contributed by atoms with Crippen LogP contribution in [0.3, 0.4) is 0 Å². The van der Waals surface area contributed by atoms with E-state index in [1.165, 1.54) is 13.0 Å². The predicted octanol–water partition coefficient (Wildman–Crippen LogP) is 1.11. The first-order valence-electron chi connectivity index (χ1n) is 5.72. The summed E-state index contributed by atoms with van der Waals surface area (Å²) in [6, 6.07) is 4.51. The summed E-state index contributed by atoms with van der Waals surface area (Å²) < 4.78 is 0. The van der Waals surface area contributed by atoms with Crippen LogP contribution in [0.2, 0.25) is 0 Å². The molecule has 88 valence electrons. The quantitative estimate of drug-likeness (QED) is 0.811. The topological polar surface area (TPSA) is 45.4 Å². The molecule has 1 saturated heterocycles. The Bertz CT molecular complexity index is 377. The first kappa shape index (κ1) is 11.2. The molecule has 1 aromatic heterocycles. The zero-order valence-electron chi connectivity index (χ0n) is 10.3. The Balaban J connectivity index is 2.14. The Kier molecular flexibility index (Phi) is 3.01. The van der Waals surface area contributed by atoms with E-state index >= 15 is 0 Å². The highest BCUT2D eigenvalue weighted by Crippen LogP contribution is 2.21. The van der Waals surface area contributed by atoms with Gasteiger partial charge in [0.15, 0.2) is 0 Å². The van der Waals surface area contributed by atoms with Gasteiger partial charge in [0.1, 0.15) is 5.82 Å². The number of rotatable bonds is 2. The molecular weight excluding hydrogens is 200 g/mol. The minimum Gasteiger partial charge on any atom is -0.397 e. The molecule has 2 heterocycles. The van der Waals surface area contributed by atoms with Crippen LogP contribution in [0.5, 0.6) is 0 Å². The molecule has 0 amide bonds. The van der Waals surface area contributed by atoms with Crippen LogP contribution in [-0.4, -0.2) is 43.1 Å². The number of likely N-dealkylation sites (tertiary alicyclic amines) is 1. The third-order valence-electron chi connectivity index (χ3n) is 3.39.